The van der Waals surface area contributed by atoms with E-state index in [9.17, 15) is 4.79 Å². The van der Waals surface area contributed by atoms with E-state index in [0.717, 1.165) is 6.08 Å². The van der Waals surface area contributed by atoms with Crippen molar-refractivity contribution in [1.29, 1.82) is 0 Å². The molecule has 4 heteroatoms. The maximum absolute atomic E-state index is 9.47. The lowest BCUT2D eigenvalue weighted by Gasteiger charge is -1.97. The average Bonchev–Trinajstić information content (AvgIpc) is 1.89. The molecule has 0 aromatic rings. The van der Waals surface area contributed by atoms with E-state index >= 15 is 0 Å². The van der Waals surface area contributed by atoms with E-state index in [2.05, 4.69) is 12.3 Å². The van der Waals surface area contributed by atoms with Crippen LogP contribution in [-0.2, 0) is 4.79 Å². The SMILES string of the molecule is C=CC(N)=O.CN(C)CCl. The third-order valence-electron chi connectivity index (χ3n) is 0.440. The molecule has 0 aromatic carbocycles. The summed E-state index contributed by atoms with van der Waals surface area (Å²) in [4.78, 5) is 11.4. The van der Waals surface area contributed by atoms with Crippen molar-refractivity contribution in [2.75, 3.05) is 20.1 Å². The molecule has 10 heavy (non-hydrogen) atoms. The summed E-state index contributed by atoms with van der Waals surface area (Å²) in [7, 11) is 3.85. The van der Waals surface area contributed by atoms with Crippen molar-refractivity contribution >= 4 is 17.5 Å². The summed E-state index contributed by atoms with van der Waals surface area (Å²) < 4.78 is 0. The Morgan fingerprint density at radius 3 is 2.00 bits per heavy atom. The van der Waals surface area contributed by atoms with Crippen LogP contribution in [0.15, 0.2) is 12.7 Å². The molecule has 3 nitrogen and oxygen atoms in total. The summed E-state index contributed by atoms with van der Waals surface area (Å²) in [6.45, 7) is 3.09. The highest BCUT2D eigenvalue weighted by Gasteiger charge is 1.74. The molecular weight excluding hydrogens is 152 g/mol. The molecule has 0 rings (SSSR count). The van der Waals surface area contributed by atoms with Crippen LogP contribution in [0.25, 0.3) is 0 Å². The number of amides is 1. The Kier molecular flexibility index (Phi) is 10.3. The molecule has 0 aliphatic carbocycles. The van der Waals surface area contributed by atoms with Gasteiger partial charge in [-0.25, -0.2) is 0 Å². The molecule has 1 amide bonds. The third-order valence-corrected chi connectivity index (χ3v) is 0.918. The maximum atomic E-state index is 9.47. The highest BCUT2D eigenvalue weighted by atomic mass is 35.5. The molecule has 2 N–H and O–H groups in total. The first-order valence-corrected chi connectivity index (χ1v) is 3.20. The number of halogens is 1. The molecule has 0 unspecified atom stereocenters. The number of nitrogens with two attached hydrogens (primary N) is 1. The van der Waals surface area contributed by atoms with Crippen LogP contribution in [0, 0.1) is 0 Å². The molecule has 0 aliphatic heterocycles. The van der Waals surface area contributed by atoms with Gasteiger partial charge in [-0.3, -0.25) is 9.69 Å². The summed E-state index contributed by atoms with van der Waals surface area (Å²) in [5.41, 5.74) is 4.53. The van der Waals surface area contributed by atoms with Crippen LogP contribution < -0.4 is 5.73 Å². The monoisotopic (exact) mass is 164 g/mol. The van der Waals surface area contributed by atoms with Gasteiger partial charge in [0.25, 0.3) is 0 Å². The van der Waals surface area contributed by atoms with Gasteiger partial charge >= 0.3 is 0 Å². The zero-order valence-corrected chi connectivity index (χ0v) is 7.06. The fourth-order valence-electron chi connectivity index (χ4n) is 0. The van der Waals surface area contributed by atoms with Gasteiger partial charge in [-0.1, -0.05) is 6.58 Å². The fourth-order valence-corrected chi connectivity index (χ4v) is 0. The van der Waals surface area contributed by atoms with E-state index < -0.39 is 5.91 Å². The molecule has 0 fully saturated rings. The Hall–Kier alpha value is -0.540. The number of alkyl halides is 1. The average molecular weight is 165 g/mol. The van der Waals surface area contributed by atoms with Crippen molar-refractivity contribution in [3.05, 3.63) is 12.7 Å². The molecule has 0 bridgehead atoms. The number of primary amides is 1. The minimum Gasteiger partial charge on any atom is -0.366 e. The zero-order chi connectivity index (χ0) is 8.57. The molecule has 0 saturated heterocycles. The van der Waals surface area contributed by atoms with Crippen molar-refractivity contribution in [2.45, 2.75) is 0 Å². The van der Waals surface area contributed by atoms with Crippen LogP contribution in [-0.4, -0.2) is 30.9 Å². The van der Waals surface area contributed by atoms with Crippen LogP contribution in [0.4, 0.5) is 0 Å². The predicted octanol–water partition coefficient (Wildman–Crippen LogP) is 0.402. The van der Waals surface area contributed by atoms with Crippen LogP contribution in [0.3, 0.4) is 0 Å². The van der Waals surface area contributed by atoms with E-state index in [0.29, 0.717) is 6.00 Å². The van der Waals surface area contributed by atoms with Crippen molar-refractivity contribution < 1.29 is 4.79 Å². The molecule has 0 spiro atoms. The second-order valence-corrected chi connectivity index (χ2v) is 2.04. The first-order valence-electron chi connectivity index (χ1n) is 2.67. The largest absolute Gasteiger partial charge is 0.366 e. The van der Waals surface area contributed by atoms with Gasteiger partial charge in [0.15, 0.2) is 0 Å². The van der Waals surface area contributed by atoms with E-state index in [4.69, 9.17) is 11.6 Å². The standard InChI is InChI=1S/C3H8ClN.C3H5NO/c1-5(2)3-4;1-2-3(4)5/h3H2,1-2H3;2H,1H2,(H2,4,5). The van der Waals surface area contributed by atoms with Gasteiger partial charge in [-0.15, -0.1) is 11.6 Å². The van der Waals surface area contributed by atoms with Gasteiger partial charge in [0.1, 0.15) is 0 Å². The second kappa shape index (κ2) is 8.46. The van der Waals surface area contributed by atoms with Crippen molar-refractivity contribution in [1.82, 2.24) is 4.90 Å². The molecule has 0 aliphatic rings. The Labute approximate surface area is 66.4 Å². The van der Waals surface area contributed by atoms with E-state index in [1.165, 1.54) is 0 Å². The van der Waals surface area contributed by atoms with Gasteiger partial charge in [-0.2, -0.15) is 0 Å². The van der Waals surface area contributed by atoms with Gasteiger partial charge in [0.2, 0.25) is 5.91 Å². The van der Waals surface area contributed by atoms with E-state index in [1.54, 1.807) is 0 Å². The molecule has 0 aromatic heterocycles. The lowest BCUT2D eigenvalue weighted by Crippen LogP contribution is -2.06. The van der Waals surface area contributed by atoms with E-state index in [1.807, 2.05) is 19.0 Å². The van der Waals surface area contributed by atoms with Gasteiger partial charge < -0.3 is 5.73 Å². The maximum Gasteiger partial charge on any atom is 0.240 e. The van der Waals surface area contributed by atoms with Crippen molar-refractivity contribution in [3.8, 4) is 0 Å². The number of nitrogens with zero attached hydrogens (tertiary/aromatic N) is 1. The lowest BCUT2D eigenvalue weighted by atomic mass is 10.6. The van der Waals surface area contributed by atoms with Gasteiger partial charge in [0.05, 0.1) is 6.00 Å². The highest BCUT2D eigenvalue weighted by Crippen LogP contribution is 1.74. The lowest BCUT2D eigenvalue weighted by molar-refractivity contribution is -0.113. The Morgan fingerprint density at radius 2 is 2.00 bits per heavy atom. The Bertz CT molecular complexity index is 104. The Balaban J connectivity index is 0. The number of carbonyl (C=O) groups excluding carboxylic acids is 1. The number of carbonyl (C=O) groups is 1. The minimum absolute atomic E-state index is 0.481. The smallest absolute Gasteiger partial charge is 0.240 e. The van der Waals surface area contributed by atoms with Crippen LogP contribution in [0.1, 0.15) is 0 Å². The zero-order valence-electron chi connectivity index (χ0n) is 6.30. The summed E-state index contributed by atoms with van der Waals surface area (Å²) in [6.07, 6.45) is 1.06. The minimum atomic E-state index is -0.481. The third kappa shape index (κ3) is 26.0. The summed E-state index contributed by atoms with van der Waals surface area (Å²) in [5, 5.41) is 0. The molecule has 0 radical (unpaired) electrons. The highest BCUT2D eigenvalue weighted by molar-refractivity contribution is 6.17. The van der Waals surface area contributed by atoms with Crippen molar-refractivity contribution in [3.63, 3.8) is 0 Å². The van der Waals surface area contributed by atoms with Gasteiger partial charge in [-0.05, 0) is 20.2 Å². The van der Waals surface area contributed by atoms with E-state index in [-0.39, 0.29) is 0 Å². The normalized spacial score (nSPS) is 8.00. The van der Waals surface area contributed by atoms with Crippen LogP contribution in [0.5, 0.6) is 0 Å². The van der Waals surface area contributed by atoms with Crippen LogP contribution >= 0.6 is 11.6 Å². The number of rotatable bonds is 2. The predicted molar refractivity (Wildman–Crippen MR) is 43.8 cm³/mol. The first-order chi connectivity index (χ1) is 4.54. The molecular formula is C6H13ClN2O. The second-order valence-electron chi connectivity index (χ2n) is 1.81. The summed E-state index contributed by atoms with van der Waals surface area (Å²) in [6, 6.07) is 0.611. The summed E-state index contributed by atoms with van der Waals surface area (Å²) in [5.74, 6) is -0.481. The molecule has 0 heterocycles. The topological polar surface area (TPSA) is 46.3 Å². The molecule has 0 atom stereocenters. The molecule has 60 valence electrons. The fraction of sp³-hybridized carbons (Fsp3) is 0.500. The first kappa shape index (κ1) is 12.2. The van der Waals surface area contributed by atoms with Crippen LogP contribution in [0.2, 0.25) is 0 Å². The van der Waals surface area contributed by atoms with Crippen molar-refractivity contribution in [2.24, 2.45) is 5.73 Å². The Morgan fingerprint density at radius 1 is 1.80 bits per heavy atom. The van der Waals surface area contributed by atoms with Gasteiger partial charge in [0, 0.05) is 0 Å². The number of hydrogen-bond acceptors (Lipinski definition) is 2. The quantitative estimate of drug-likeness (QED) is 0.365. The summed E-state index contributed by atoms with van der Waals surface area (Å²) >= 11 is 5.26. The number of hydrogen-bond donors (Lipinski definition) is 1. The molecule has 0 saturated carbocycles.